The predicted octanol–water partition coefficient (Wildman–Crippen LogP) is 3.25. The number of ether oxygens (including phenoxy) is 2. The molecule has 0 spiro atoms. The molecule has 4 nitrogen and oxygen atoms in total. The van der Waals surface area contributed by atoms with Crippen molar-refractivity contribution in [2.45, 2.75) is 19.4 Å². The van der Waals surface area contributed by atoms with Crippen molar-refractivity contribution in [1.82, 2.24) is 0 Å². The van der Waals surface area contributed by atoms with Crippen LogP contribution in [-0.4, -0.2) is 30.4 Å². The van der Waals surface area contributed by atoms with Gasteiger partial charge in [0.15, 0.2) is 6.10 Å². The van der Waals surface area contributed by atoms with Crippen LogP contribution in [0.4, 0.5) is 0 Å². The zero-order chi connectivity index (χ0) is 13.5. The molecule has 0 fully saturated rings. The van der Waals surface area contributed by atoms with Crippen LogP contribution in [-0.2, 0) is 9.53 Å². The van der Waals surface area contributed by atoms with E-state index in [1.807, 2.05) is 0 Å². The van der Waals surface area contributed by atoms with Crippen molar-refractivity contribution in [3.05, 3.63) is 28.2 Å². The first-order valence-corrected chi connectivity index (χ1v) is 6.22. The van der Waals surface area contributed by atoms with Crippen LogP contribution in [0.15, 0.2) is 18.2 Å². The second kappa shape index (κ2) is 7.46. The highest BCUT2D eigenvalue weighted by molar-refractivity contribution is 6.42. The molecule has 0 aliphatic carbocycles. The van der Waals surface area contributed by atoms with Crippen molar-refractivity contribution in [2.75, 3.05) is 13.2 Å². The largest absolute Gasteiger partial charge is 0.493 e. The summed E-state index contributed by atoms with van der Waals surface area (Å²) >= 11 is 11.6. The van der Waals surface area contributed by atoms with Crippen molar-refractivity contribution < 1.29 is 19.4 Å². The lowest BCUT2D eigenvalue weighted by Crippen LogP contribution is -2.26. The van der Waals surface area contributed by atoms with Gasteiger partial charge in [0.1, 0.15) is 5.75 Å². The molecule has 0 aliphatic rings. The zero-order valence-corrected chi connectivity index (χ0v) is 11.4. The minimum Gasteiger partial charge on any atom is -0.493 e. The maximum atomic E-state index is 10.8. The number of hydrogen-bond donors (Lipinski definition) is 1. The van der Waals surface area contributed by atoms with E-state index in [0.717, 1.165) is 0 Å². The molecule has 6 heteroatoms. The molecule has 0 saturated carbocycles. The number of hydrogen-bond acceptors (Lipinski definition) is 3. The van der Waals surface area contributed by atoms with Gasteiger partial charge in [-0.25, -0.2) is 4.79 Å². The quantitative estimate of drug-likeness (QED) is 0.838. The standard InChI is InChI=1S/C12H14Cl2O4/c1-2-17-11(12(15)16)5-6-18-8-3-4-9(13)10(14)7-8/h3-4,7,11H,2,5-6H2,1H3,(H,15,16). The Bertz CT molecular complexity index is 409. The Kier molecular flexibility index (Phi) is 6.25. The van der Waals surface area contributed by atoms with Gasteiger partial charge in [-0.3, -0.25) is 0 Å². The van der Waals surface area contributed by atoms with Crippen LogP contribution >= 0.6 is 23.2 Å². The van der Waals surface area contributed by atoms with Gasteiger partial charge in [0, 0.05) is 19.1 Å². The van der Waals surface area contributed by atoms with Gasteiger partial charge in [-0.05, 0) is 19.1 Å². The summed E-state index contributed by atoms with van der Waals surface area (Å²) in [6, 6.07) is 4.88. The summed E-state index contributed by atoms with van der Waals surface area (Å²) in [5, 5.41) is 9.71. The van der Waals surface area contributed by atoms with Crippen LogP contribution in [0.2, 0.25) is 10.0 Å². The van der Waals surface area contributed by atoms with Crippen molar-refractivity contribution in [3.8, 4) is 5.75 Å². The van der Waals surface area contributed by atoms with E-state index in [-0.39, 0.29) is 13.0 Å². The minimum atomic E-state index is -0.991. The number of benzene rings is 1. The number of carboxylic acid groups (broad SMARTS) is 1. The maximum Gasteiger partial charge on any atom is 0.332 e. The number of halogens is 2. The van der Waals surface area contributed by atoms with E-state index >= 15 is 0 Å². The van der Waals surface area contributed by atoms with E-state index in [0.29, 0.717) is 22.4 Å². The molecule has 0 amide bonds. The first-order chi connectivity index (χ1) is 8.54. The van der Waals surface area contributed by atoms with Crippen LogP contribution in [0.3, 0.4) is 0 Å². The average Bonchev–Trinajstić information content (AvgIpc) is 2.32. The smallest absolute Gasteiger partial charge is 0.332 e. The fraction of sp³-hybridized carbons (Fsp3) is 0.417. The molecule has 0 bridgehead atoms. The van der Waals surface area contributed by atoms with E-state index in [1.54, 1.807) is 25.1 Å². The third-order valence-corrected chi connectivity index (χ3v) is 2.92. The Morgan fingerprint density at radius 3 is 2.67 bits per heavy atom. The Morgan fingerprint density at radius 1 is 1.39 bits per heavy atom. The van der Waals surface area contributed by atoms with Crippen molar-refractivity contribution in [1.29, 1.82) is 0 Å². The summed E-state index contributed by atoms with van der Waals surface area (Å²) in [6.07, 6.45) is -0.582. The van der Waals surface area contributed by atoms with E-state index in [4.69, 9.17) is 37.8 Å². The molecular formula is C12H14Cl2O4. The Labute approximate surface area is 115 Å². The van der Waals surface area contributed by atoms with Gasteiger partial charge in [0.05, 0.1) is 16.7 Å². The first-order valence-electron chi connectivity index (χ1n) is 5.46. The maximum absolute atomic E-state index is 10.8. The fourth-order valence-corrected chi connectivity index (χ4v) is 1.62. The van der Waals surface area contributed by atoms with Crippen molar-refractivity contribution >= 4 is 29.2 Å². The molecule has 1 rings (SSSR count). The topological polar surface area (TPSA) is 55.8 Å². The molecule has 1 unspecified atom stereocenters. The molecular weight excluding hydrogens is 279 g/mol. The zero-order valence-electron chi connectivity index (χ0n) is 9.86. The Hall–Kier alpha value is -0.970. The van der Waals surface area contributed by atoms with E-state index < -0.39 is 12.1 Å². The highest BCUT2D eigenvalue weighted by Gasteiger charge is 2.17. The van der Waals surface area contributed by atoms with Crippen molar-refractivity contribution in [2.24, 2.45) is 0 Å². The summed E-state index contributed by atoms with van der Waals surface area (Å²) in [6.45, 7) is 2.33. The lowest BCUT2D eigenvalue weighted by Gasteiger charge is -2.13. The summed E-state index contributed by atoms with van der Waals surface area (Å²) in [4.78, 5) is 10.8. The molecule has 0 heterocycles. The van der Waals surface area contributed by atoms with Gasteiger partial charge in [0.25, 0.3) is 0 Å². The molecule has 0 aromatic heterocycles. The molecule has 1 aromatic carbocycles. The Morgan fingerprint density at radius 2 is 2.11 bits per heavy atom. The van der Waals surface area contributed by atoms with Gasteiger partial charge < -0.3 is 14.6 Å². The van der Waals surface area contributed by atoms with Crippen LogP contribution in [0.1, 0.15) is 13.3 Å². The Balaban J connectivity index is 2.44. The molecule has 0 aliphatic heterocycles. The van der Waals surface area contributed by atoms with Crippen LogP contribution in [0.5, 0.6) is 5.75 Å². The van der Waals surface area contributed by atoms with E-state index in [9.17, 15) is 4.79 Å². The molecule has 1 atom stereocenters. The monoisotopic (exact) mass is 292 g/mol. The summed E-state index contributed by atoms with van der Waals surface area (Å²) in [7, 11) is 0. The van der Waals surface area contributed by atoms with Gasteiger partial charge >= 0.3 is 5.97 Å². The van der Waals surface area contributed by atoms with Crippen LogP contribution in [0, 0.1) is 0 Å². The number of rotatable bonds is 7. The van der Waals surface area contributed by atoms with E-state index in [1.165, 1.54) is 0 Å². The normalized spacial score (nSPS) is 12.2. The molecule has 0 radical (unpaired) electrons. The molecule has 18 heavy (non-hydrogen) atoms. The number of carbonyl (C=O) groups is 1. The van der Waals surface area contributed by atoms with Gasteiger partial charge in [0.2, 0.25) is 0 Å². The predicted molar refractivity (Wildman–Crippen MR) is 69.6 cm³/mol. The SMILES string of the molecule is CCOC(CCOc1ccc(Cl)c(Cl)c1)C(=O)O. The van der Waals surface area contributed by atoms with Gasteiger partial charge in [-0.1, -0.05) is 23.2 Å². The third kappa shape index (κ3) is 4.72. The lowest BCUT2D eigenvalue weighted by molar-refractivity contribution is -0.150. The highest BCUT2D eigenvalue weighted by atomic mass is 35.5. The molecule has 100 valence electrons. The van der Waals surface area contributed by atoms with E-state index in [2.05, 4.69) is 0 Å². The number of aliphatic carboxylic acids is 1. The molecule has 1 aromatic rings. The van der Waals surface area contributed by atoms with Crippen LogP contribution in [0.25, 0.3) is 0 Å². The first kappa shape index (κ1) is 15.1. The van der Waals surface area contributed by atoms with Crippen molar-refractivity contribution in [3.63, 3.8) is 0 Å². The minimum absolute atomic E-state index is 0.231. The molecule has 1 N–H and O–H groups in total. The molecule has 0 saturated heterocycles. The average molecular weight is 293 g/mol. The third-order valence-electron chi connectivity index (χ3n) is 2.18. The van der Waals surface area contributed by atoms with Gasteiger partial charge in [-0.2, -0.15) is 0 Å². The summed E-state index contributed by atoms with van der Waals surface area (Å²) in [5.41, 5.74) is 0. The second-order valence-electron chi connectivity index (χ2n) is 3.50. The lowest BCUT2D eigenvalue weighted by atomic mass is 10.2. The summed E-state index contributed by atoms with van der Waals surface area (Å²) < 4.78 is 10.4. The second-order valence-corrected chi connectivity index (χ2v) is 4.31. The number of carboxylic acids is 1. The van der Waals surface area contributed by atoms with Gasteiger partial charge in [-0.15, -0.1) is 0 Å². The summed E-state index contributed by atoms with van der Waals surface area (Å²) in [5.74, 6) is -0.445. The van der Waals surface area contributed by atoms with Crippen LogP contribution < -0.4 is 4.74 Å². The highest BCUT2D eigenvalue weighted by Crippen LogP contribution is 2.26. The fourth-order valence-electron chi connectivity index (χ4n) is 1.33.